The number of nitrogens with two attached hydrogens (primary N) is 2. The quantitative estimate of drug-likeness (QED) is 0.662. The van der Waals surface area contributed by atoms with Crippen LogP contribution in [-0.4, -0.2) is 51.3 Å². The van der Waals surface area contributed by atoms with Crippen molar-refractivity contribution in [2.24, 2.45) is 11.5 Å². The van der Waals surface area contributed by atoms with Gasteiger partial charge >= 0.3 is 0 Å². The van der Waals surface area contributed by atoms with Gasteiger partial charge in [-0.25, -0.2) is 0 Å². The average molecular weight is 253 g/mol. The molecule has 0 aliphatic rings. The summed E-state index contributed by atoms with van der Waals surface area (Å²) in [4.78, 5) is 2.19. The number of hydrogen-bond donors (Lipinski definition) is 2. The van der Waals surface area contributed by atoms with E-state index in [9.17, 15) is 0 Å². The fourth-order valence-electron chi connectivity index (χ4n) is 1.72. The third-order valence-corrected chi connectivity index (χ3v) is 2.62. The summed E-state index contributed by atoms with van der Waals surface area (Å²) in [7, 11) is 1.64. The predicted molar refractivity (Wildman–Crippen MR) is 73.0 cm³/mol. The van der Waals surface area contributed by atoms with Crippen LogP contribution in [0.25, 0.3) is 0 Å². The highest BCUT2D eigenvalue weighted by Crippen LogP contribution is 2.25. The molecule has 0 bridgehead atoms. The topological polar surface area (TPSA) is 73.7 Å². The lowest BCUT2D eigenvalue weighted by molar-refractivity contribution is 0.211. The van der Waals surface area contributed by atoms with E-state index in [0.717, 1.165) is 31.1 Å². The molecule has 0 saturated heterocycles. The van der Waals surface area contributed by atoms with Gasteiger partial charge in [0.25, 0.3) is 0 Å². The second-order valence-corrected chi connectivity index (χ2v) is 3.92. The van der Waals surface area contributed by atoms with Crippen LogP contribution in [0.3, 0.4) is 0 Å². The van der Waals surface area contributed by atoms with Crippen molar-refractivity contribution in [3.05, 3.63) is 24.3 Å². The van der Waals surface area contributed by atoms with Crippen LogP contribution < -0.4 is 20.9 Å². The summed E-state index contributed by atoms with van der Waals surface area (Å²) in [5.74, 6) is 1.52. The van der Waals surface area contributed by atoms with Gasteiger partial charge in [-0.15, -0.1) is 0 Å². The molecule has 0 spiro atoms. The molecule has 0 aromatic heterocycles. The molecule has 1 aromatic carbocycles. The minimum absolute atomic E-state index is 0.598. The van der Waals surface area contributed by atoms with Crippen LogP contribution >= 0.6 is 0 Å². The Morgan fingerprint density at radius 1 is 1.00 bits per heavy atom. The first-order valence-electron chi connectivity index (χ1n) is 6.20. The molecule has 0 aliphatic carbocycles. The van der Waals surface area contributed by atoms with Gasteiger partial charge < -0.3 is 20.9 Å². The smallest absolute Gasteiger partial charge is 0.161 e. The molecule has 1 aromatic rings. The molecule has 0 atom stereocenters. The fourth-order valence-corrected chi connectivity index (χ4v) is 1.72. The zero-order valence-corrected chi connectivity index (χ0v) is 11.0. The number of nitrogens with zero attached hydrogens (tertiary/aromatic N) is 1. The van der Waals surface area contributed by atoms with E-state index in [0.29, 0.717) is 19.7 Å². The van der Waals surface area contributed by atoms with E-state index in [1.807, 2.05) is 24.3 Å². The Labute approximate surface area is 109 Å². The molecule has 5 heteroatoms. The summed E-state index contributed by atoms with van der Waals surface area (Å²) in [6.45, 7) is 4.36. The highest BCUT2D eigenvalue weighted by molar-refractivity contribution is 5.39. The first kappa shape index (κ1) is 14.8. The van der Waals surface area contributed by atoms with Gasteiger partial charge in [-0.05, 0) is 12.1 Å². The lowest BCUT2D eigenvalue weighted by Crippen LogP contribution is -2.36. The van der Waals surface area contributed by atoms with Crippen molar-refractivity contribution in [2.75, 3.05) is 46.4 Å². The standard InChI is InChI=1S/C13H23N3O2/c1-17-12-4-2-3-5-13(12)18-11-10-16(8-6-14)9-7-15/h2-5H,6-11,14-15H2,1H3. The summed E-state index contributed by atoms with van der Waals surface area (Å²) in [6.07, 6.45) is 0. The van der Waals surface area contributed by atoms with Crippen molar-refractivity contribution in [3.8, 4) is 11.5 Å². The number of hydrogen-bond acceptors (Lipinski definition) is 5. The molecule has 102 valence electrons. The van der Waals surface area contributed by atoms with E-state index in [1.165, 1.54) is 0 Å². The van der Waals surface area contributed by atoms with Gasteiger partial charge in [0.2, 0.25) is 0 Å². The van der Waals surface area contributed by atoms with Gasteiger partial charge in [0.05, 0.1) is 7.11 Å². The lowest BCUT2D eigenvalue weighted by Gasteiger charge is -2.21. The zero-order valence-electron chi connectivity index (χ0n) is 11.0. The Bertz CT molecular complexity index is 328. The fraction of sp³-hybridized carbons (Fsp3) is 0.538. The number of methoxy groups -OCH3 is 1. The molecule has 4 N–H and O–H groups in total. The van der Waals surface area contributed by atoms with Crippen molar-refractivity contribution in [3.63, 3.8) is 0 Å². The summed E-state index contributed by atoms with van der Waals surface area (Å²) in [5.41, 5.74) is 11.1. The van der Waals surface area contributed by atoms with Crippen molar-refractivity contribution in [1.82, 2.24) is 4.90 Å². The first-order chi connectivity index (χ1) is 8.81. The SMILES string of the molecule is COc1ccccc1OCCN(CCN)CCN. The minimum atomic E-state index is 0.598. The van der Waals surface area contributed by atoms with Crippen molar-refractivity contribution < 1.29 is 9.47 Å². The Hall–Kier alpha value is -1.30. The Morgan fingerprint density at radius 3 is 2.17 bits per heavy atom. The third kappa shape index (κ3) is 4.91. The van der Waals surface area contributed by atoms with Gasteiger partial charge in [-0.2, -0.15) is 0 Å². The molecule has 0 amide bonds. The van der Waals surface area contributed by atoms with Crippen molar-refractivity contribution in [2.45, 2.75) is 0 Å². The minimum Gasteiger partial charge on any atom is -0.493 e. The largest absolute Gasteiger partial charge is 0.493 e. The monoisotopic (exact) mass is 253 g/mol. The van der Waals surface area contributed by atoms with Crippen LogP contribution in [0.15, 0.2) is 24.3 Å². The van der Waals surface area contributed by atoms with Gasteiger partial charge in [-0.3, -0.25) is 4.90 Å². The van der Waals surface area contributed by atoms with Crippen LogP contribution in [0.4, 0.5) is 0 Å². The predicted octanol–water partition coefficient (Wildman–Crippen LogP) is 0.293. The van der Waals surface area contributed by atoms with Gasteiger partial charge in [0, 0.05) is 32.7 Å². The maximum Gasteiger partial charge on any atom is 0.161 e. The lowest BCUT2D eigenvalue weighted by atomic mass is 10.3. The second-order valence-electron chi connectivity index (χ2n) is 3.92. The summed E-state index contributed by atoms with van der Waals surface area (Å²) in [6, 6.07) is 7.62. The van der Waals surface area contributed by atoms with Crippen LogP contribution in [0.5, 0.6) is 11.5 Å². The van der Waals surface area contributed by atoms with E-state index < -0.39 is 0 Å². The highest BCUT2D eigenvalue weighted by atomic mass is 16.5. The molecule has 0 fully saturated rings. The van der Waals surface area contributed by atoms with Gasteiger partial charge in [0.1, 0.15) is 6.61 Å². The van der Waals surface area contributed by atoms with Gasteiger partial charge in [-0.1, -0.05) is 12.1 Å². The molecule has 0 heterocycles. The second kappa shape index (κ2) is 8.74. The first-order valence-corrected chi connectivity index (χ1v) is 6.20. The van der Waals surface area contributed by atoms with E-state index in [2.05, 4.69) is 4.90 Å². The number of para-hydroxylation sites is 2. The molecule has 0 unspecified atom stereocenters. The number of ether oxygens (including phenoxy) is 2. The summed E-state index contributed by atoms with van der Waals surface area (Å²) >= 11 is 0. The van der Waals surface area contributed by atoms with Crippen molar-refractivity contribution in [1.29, 1.82) is 0 Å². The summed E-state index contributed by atoms with van der Waals surface area (Å²) in [5, 5.41) is 0. The van der Waals surface area contributed by atoms with E-state index >= 15 is 0 Å². The van der Waals surface area contributed by atoms with Crippen LogP contribution in [0, 0.1) is 0 Å². The van der Waals surface area contributed by atoms with E-state index in [1.54, 1.807) is 7.11 Å². The molecule has 0 saturated carbocycles. The molecule has 18 heavy (non-hydrogen) atoms. The Morgan fingerprint density at radius 2 is 1.61 bits per heavy atom. The van der Waals surface area contributed by atoms with E-state index in [4.69, 9.17) is 20.9 Å². The summed E-state index contributed by atoms with van der Waals surface area (Å²) < 4.78 is 10.9. The van der Waals surface area contributed by atoms with Gasteiger partial charge in [0.15, 0.2) is 11.5 Å². The normalized spacial score (nSPS) is 10.7. The number of benzene rings is 1. The van der Waals surface area contributed by atoms with Crippen LogP contribution in [-0.2, 0) is 0 Å². The van der Waals surface area contributed by atoms with Crippen LogP contribution in [0.1, 0.15) is 0 Å². The molecule has 5 nitrogen and oxygen atoms in total. The third-order valence-electron chi connectivity index (χ3n) is 2.62. The maximum atomic E-state index is 5.70. The number of rotatable bonds is 9. The molecule has 0 aliphatic heterocycles. The van der Waals surface area contributed by atoms with Crippen LogP contribution in [0.2, 0.25) is 0 Å². The molecular weight excluding hydrogens is 230 g/mol. The molecule has 1 rings (SSSR count). The zero-order chi connectivity index (χ0) is 13.2. The van der Waals surface area contributed by atoms with E-state index in [-0.39, 0.29) is 0 Å². The van der Waals surface area contributed by atoms with Crippen molar-refractivity contribution >= 4 is 0 Å². The highest BCUT2D eigenvalue weighted by Gasteiger charge is 2.05. The molecular formula is C13H23N3O2. The maximum absolute atomic E-state index is 5.70. The average Bonchev–Trinajstić information content (AvgIpc) is 2.40. The molecule has 0 radical (unpaired) electrons. The Balaban J connectivity index is 2.39. The Kier molecular flexibility index (Phi) is 7.17.